The van der Waals surface area contributed by atoms with Gasteiger partial charge < -0.3 is 25.8 Å². The van der Waals surface area contributed by atoms with Crippen LogP contribution in [0.4, 0.5) is 5.69 Å². The van der Waals surface area contributed by atoms with E-state index >= 15 is 0 Å². The molecule has 0 amide bonds. The largest absolute Gasteiger partial charge is 0.454 e. The molecule has 0 saturated carbocycles. The second-order valence-electron chi connectivity index (χ2n) is 6.13. The van der Waals surface area contributed by atoms with Gasteiger partial charge in [-0.05, 0) is 17.5 Å². The van der Waals surface area contributed by atoms with Gasteiger partial charge in [0.05, 0.1) is 0 Å². The molecule has 2 rings (SSSR count). The highest BCUT2D eigenvalue weighted by Gasteiger charge is 2.14. The third kappa shape index (κ3) is 4.82. The highest BCUT2D eigenvalue weighted by atomic mass is 16.7. The molecule has 116 valence electrons. The van der Waals surface area contributed by atoms with Crippen molar-refractivity contribution in [3.63, 3.8) is 0 Å². The van der Waals surface area contributed by atoms with Crippen molar-refractivity contribution in [3.05, 3.63) is 18.2 Å². The van der Waals surface area contributed by atoms with Gasteiger partial charge in [-0.15, -0.1) is 0 Å². The molecule has 1 aliphatic rings. The molecule has 4 N–H and O–H groups in total. The summed E-state index contributed by atoms with van der Waals surface area (Å²) in [6.45, 7) is 8.66. The van der Waals surface area contributed by atoms with Gasteiger partial charge in [-0.3, -0.25) is 4.99 Å². The summed E-state index contributed by atoms with van der Waals surface area (Å²) in [6.07, 6.45) is 0. The van der Waals surface area contributed by atoms with E-state index in [4.69, 9.17) is 15.2 Å². The number of nitrogens with one attached hydrogen (secondary N) is 2. The fourth-order valence-electron chi connectivity index (χ4n) is 1.76. The smallest absolute Gasteiger partial charge is 0.231 e. The average molecular weight is 292 g/mol. The summed E-state index contributed by atoms with van der Waals surface area (Å²) in [6, 6.07) is 5.72. The predicted octanol–water partition coefficient (Wildman–Crippen LogP) is 1.78. The van der Waals surface area contributed by atoms with E-state index in [2.05, 4.69) is 36.4 Å². The number of hydrogen-bond donors (Lipinski definition) is 3. The van der Waals surface area contributed by atoms with E-state index in [1.807, 2.05) is 18.2 Å². The number of nitrogens with zero attached hydrogens (tertiary/aromatic N) is 1. The van der Waals surface area contributed by atoms with Crippen molar-refractivity contribution in [1.82, 2.24) is 5.32 Å². The zero-order valence-electron chi connectivity index (χ0n) is 12.9. The molecule has 0 spiro atoms. The normalized spacial score (nSPS) is 14.2. The van der Waals surface area contributed by atoms with Gasteiger partial charge in [0, 0.05) is 31.4 Å². The lowest BCUT2D eigenvalue weighted by Crippen LogP contribution is -2.35. The van der Waals surface area contributed by atoms with Crippen LogP contribution in [0.2, 0.25) is 0 Å². The van der Waals surface area contributed by atoms with Gasteiger partial charge in [0.25, 0.3) is 0 Å². The van der Waals surface area contributed by atoms with E-state index in [1.165, 1.54) is 0 Å². The van der Waals surface area contributed by atoms with Crippen LogP contribution in [0.25, 0.3) is 0 Å². The summed E-state index contributed by atoms with van der Waals surface area (Å²) in [5.74, 6) is 2.23. The van der Waals surface area contributed by atoms with Crippen LogP contribution in [0.15, 0.2) is 23.2 Å². The molecule has 1 heterocycles. The number of nitrogens with two attached hydrogens (primary N) is 1. The van der Waals surface area contributed by atoms with Gasteiger partial charge in [-0.1, -0.05) is 20.8 Å². The third-order valence-corrected chi connectivity index (χ3v) is 2.78. The van der Waals surface area contributed by atoms with Crippen LogP contribution in [0.1, 0.15) is 20.8 Å². The van der Waals surface area contributed by atoms with E-state index in [1.54, 1.807) is 0 Å². The Morgan fingerprint density at radius 3 is 2.76 bits per heavy atom. The molecule has 0 radical (unpaired) electrons. The molecule has 0 bridgehead atoms. The van der Waals surface area contributed by atoms with E-state index in [9.17, 15) is 0 Å². The molecule has 0 saturated heterocycles. The molecule has 1 aromatic rings. The first-order chi connectivity index (χ1) is 9.98. The molecule has 1 aromatic carbocycles. The Bertz CT molecular complexity index is 509. The number of benzene rings is 1. The number of anilines is 1. The van der Waals surface area contributed by atoms with Crippen LogP contribution in [0.5, 0.6) is 11.5 Å². The van der Waals surface area contributed by atoms with Crippen LogP contribution in [-0.2, 0) is 0 Å². The number of rotatable bonds is 4. The lowest BCUT2D eigenvalue weighted by Gasteiger charge is -2.17. The first-order valence-corrected chi connectivity index (χ1v) is 7.13. The molecule has 0 aromatic heterocycles. The van der Waals surface area contributed by atoms with Crippen molar-refractivity contribution >= 4 is 11.6 Å². The molecule has 6 heteroatoms. The second-order valence-corrected chi connectivity index (χ2v) is 6.13. The fraction of sp³-hybridized carbons (Fsp3) is 0.533. The minimum absolute atomic E-state index is 0.131. The van der Waals surface area contributed by atoms with Crippen molar-refractivity contribution in [1.29, 1.82) is 0 Å². The minimum atomic E-state index is 0.131. The SMILES string of the molecule is CC(C)(C)CN=C(NCCN)Nc1ccc2c(c1)OCO2. The molecular formula is C15H24N4O2. The van der Waals surface area contributed by atoms with Gasteiger partial charge >= 0.3 is 0 Å². The summed E-state index contributed by atoms with van der Waals surface area (Å²) >= 11 is 0. The fourth-order valence-corrected chi connectivity index (χ4v) is 1.76. The van der Waals surface area contributed by atoms with Crippen molar-refractivity contribution < 1.29 is 9.47 Å². The van der Waals surface area contributed by atoms with Gasteiger partial charge in [-0.25, -0.2) is 0 Å². The molecule has 0 atom stereocenters. The van der Waals surface area contributed by atoms with Crippen LogP contribution in [0.3, 0.4) is 0 Å². The quantitative estimate of drug-likeness (QED) is 0.582. The lowest BCUT2D eigenvalue weighted by molar-refractivity contribution is 0.174. The van der Waals surface area contributed by atoms with Gasteiger partial charge in [0.15, 0.2) is 17.5 Å². The first-order valence-electron chi connectivity index (χ1n) is 7.13. The summed E-state index contributed by atoms with van der Waals surface area (Å²) in [7, 11) is 0. The Kier molecular flexibility index (Phi) is 4.90. The van der Waals surface area contributed by atoms with E-state index in [-0.39, 0.29) is 12.2 Å². The summed E-state index contributed by atoms with van der Waals surface area (Å²) in [5.41, 5.74) is 6.57. The number of aliphatic imine (C=N–C) groups is 1. The van der Waals surface area contributed by atoms with Crippen molar-refractivity contribution in [2.75, 3.05) is 31.7 Å². The van der Waals surface area contributed by atoms with E-state index in [0.717, 1.165) is 23.7 Å². The summed E-state index contributed by atoms with van der Waals surface area (Å²) < 4.78 is 10.7. The van der Waals surface area contributed by atoms with Crippen LogP contribution in [0, 0.1) is 5.41 Å². The van der Waals surface area contributed by atoms with E-state index in [0.29, 0.717) is 19.0 Å². The lowest BCUT2D eigenvalue weighted by atomic mass is 9.97. The summed E-state index contributed by atoms with van der Waals surface area (Å²) in [5, 5.41) is 6.46. The number of guanidine groups is 1. The molecule has 0 unspecified atom stereocenters. The Labute approximate surface area is 125 Å². The predicted molar refractivity (Wildman–Crippen MR) is 85.0 cm³/mol. The molecule has 0 aliphatic carbocycles. The third-order valence-electron chi connectivity index (χ3n) is 2.78. The van der Waals surface area contributed by atoms with Crippen molar-refractivity contribution in [2.45, 2.75) is 20.8 Å². The van der Waals surface area contributed by atoms with Crippen LogP contribution in [-0.4, -0.2) is 32.4 Å². The Morgan fingerprint density at radius 2 is 2.05 bits per heavy atom. The number of ether oxygens (including phenoxy) is 2. The van der Waals surface area contributed by atoms with Gasteiger partial charge in [0.2, 0.25) is 6.79 Å². The highest BCUT2D eigenvalue weighted by molar-refractivity contribution is 5.94. The maximum absolute atomic E-state index is 5.54. The van der Waals surface area contributed by atoms with Crippen LogP contribution < -0.4 is 25.8 Å². The summed E-state index contributed by atoms with van der Waals surface area (Å²) in [4.78, 5) is 4.59. The first kappa shape index (κ1) is 15.4. The zero-order valence-corrected chi connectivity index (χ0v) is 12.9. The monoisotopic (exact) mass is 292 g/mol. The van der Waals surface area contributed by atoms with E-state index < -0.39 is 0 Å². The van der Waals surface area contributed by atoms with Crippen molar-refractivity contribution in [3.8, 4) is 11.5 Å². The molecular weight excluding hydrogens is 268 g/mol. The topological polar surface area (TPSA) is 80.9 Å². The Hall–Kier alpha value is -1.95. The molecule has 0 fully saturated rings. The van der Waals surface area contributed by atoms with Crippen LogP contribution >= 0.6 is 0 Å². The number of fused-ring (bicyclic) bond motifs is 1. The minimum Gasteiger partial charge on any atom is -0.454 e. The Balaban J connectivity index is 2.07. The molecule has 1 aliphatic heterocycles. The second kappa shape index (κ2) is 6.67. The van der Waals surface area contributed by atoms with Gasteiger partial charge in [0.1, 0.15) is 0 Å². The standard InChI is InChI=1S/C15H24N4O2/c1-15(2,3)9-18-14(17-7-6-16)19-11-4-5-12-13(8-11)21-10-20-12/h4-5,8H,6-7,9-10,16H2,1-3H3,(H2,17,18,19). The van der Waals surface area contributed by atoms with Gasteiger partial charge in [-0.2, -0.15) is 0 Å². The maximum Gasteiger partial charge on any atom is 0.231 e. The Morgan fingerprint density at radius 1 is 1.29 bits per heavy atom. The number of hydrogen-bond acceptors (Lipinski definition) is 4. The molecule has 21 heavy (non-hydrogen) atoms. The maximum atomic E-state index is 5.54. The zero-order chi connectivity index (χ0) is 15.3. The van der Waals surface area contributed by atoms with Crippen molar-refractivity contribution in [2.24, 2.45) is 16.1 Å². The highest BCUT2D eigenvalue weighted by Crippen LogP contribution is 2.34. The average Bonchev–Trinajstić information content (AvgIpc) is 2.88. The molecule has 6 nitrogen and oxygen atoms in total.